The van der Waals surface area contributed by atoms with Crippen molar-refractivity contribution in [1.82, 2.24) is 10.6 Å². The van der Waals surface area contributed by atoms with E-state index in [0.29, 0.717) is 25.4 Å². The number of ether oxygens (including phenoxy) is 1. The molecule has 10 nitrogen and oxygen atoms in total. The van der Waals surface area contributed by atoms with Gasteiger partial charge in [0.2, 0.25) is 21.0 Å². The number of aliphatic hydroxyl groups is 1. The lowest BCUT2D eigenvalue weighted by atomic mass is 10.2. The highest BCUT2D eigenvalue weighted by atomic mass is 36.0. The van der Waals surface area contributed by atoms with E-state index in [-0.39, 0.29) is 30.8 Å². The minimum absolute atomic E-state index is 0.0538. The van der Waals surface area contributed by atoms with Crippen LogP contribution in [0.15, 0.2) is 0 Å². The Kier molecular flexibility index (Phi) is 25.2. The summed E-state index contributed by atoms with van der Waals surface area (Å²) in [7, 11) is 7.36. The van der Waals surface area contributed by atoms with Crippen molar-refractivity contribution in [2.45, 2.75) is 58.2 Å². The molecule has 158 valence electrons. The number of nitrogens with one attached hydrogen (secondary N) is 2. The van der Waals surface area contributed by atoms with Crippen LogP contribution in [0.5, 0.6) is 0 Å². The van der Waals surface area contributed by atoms with Gasteiger partial charge < -0.3 is 20.5 Å². The molecule has 27 heavy (non-hydrogen) atoms. The number of carbonyl (C=O) groups is 3. The van der Waals surface area contributed by atoms with E-state index < -0.39 is 9.23 Å². The van der Waals surface area contributed by atoms with Gasteiger partial charge in [0, 0.05) is 53.3 Å². The number of aliphatic hydroxyl groups excluding tert-OH is 1. The summed E-state index contributed by atoms with van der Waals surface area (Å²) >= 11 is 0. The molecule has 0 aliphatic carbocycles. The van der Waals surface area contributed by atoms with Gasteiger partial charge in [-0.25, -0.2) is 4.21 Å². The van der Waals surface area contributed by atoms with Crippen LogP contribution < -0.4 is 10.6 Å². The lowest BCUT2D eigenvalue weighted by Gasteiger charge is -2.04. The van der Waals surface area contributed by atoms with Gasteiger partial charge in [-0.15, -0.1) is 0 Å². The van der Waals surface area contributed by atoms with Crippen LogP contribution in [0, 0.1) is 0 Å². The Bertz CT molecular complexity index is 472. The second-order valence-electron chi connectivity index (χ2n) is 4.62. The van der Waals surface area contributed by atoms with Gasteiger partial charge in [-0.2, -0.15) is 9.59 Å². The van der Waals surface area contributed by atoms with Gasteiger partial charge in [0.1, 0.15) is 0 Å². The Morgan fingerprint density at radius 2 is 1.59 bits per heavy atom. The van der Waals surface area contributed by atoms with E-state index in [1.807, 2.05) is 0 Å². The van der Waals surface area contributed by atoms with Crippen molar-refractivity contribution >= 4 is 55.0 Å². The van der Waals surface area contributed by atoms with Crippen molar-refractivity contribution in [3.8, 4) is 0 Å². The van der Waals surface area contributed by atoms with Crippen molar-refractivity contribution in [3.63, 3.8) is 0 Å². The average molecular weight is 451 g/mol. The maximum Gasteiger partial charge on any atom is 0.373 e. The van der Waals surface area contributed by atoms with Crippen LogP contribution >= 0.6 is 21.4 Å². The third-order valence-corrected chi connectivity index (χ3v) is 2.75. The Hall–Kier alpha value is -1.52. The maximum absolute atomic E-state index is 10.5. The summed E-state index contributed by atoms with van der Waals surface area (Å²) in [5, 5.41) is 12.9. The molecule has 2 fully saturated rings. The summed E-state index contributed by atoms with van der Waals surface area (Å²) < 4.78 is 13.5. The molecule has 2 saturated heterocycles. The van der Waals surface area contributed by atoms with Crippen LogP contribution in [0.2, 0.25) is 0 Å². The largest absolute Gasteiger partial charge is 0.444 e. The topological polar surface area (TPSA) is 156 Å². The van der Waals surface area contributed by atoms with Crippen LogP contribution in [0.1, 0.15) is 46.0 Å². The van der Waals surface area contributed by atoms with Crippen molar-refractivity contribution in [2.75, 3.05) is 6.61 Å². The molecule has 0 unspecified atom stereocenters. The number of hydrogen-bond acceptors (Lipinski definition) is 8. The molecular weight excluding hydrogens is 427 g/mol. The molecule has 0 radical (unpaired) electrons. The van der Waals surface area contributed by atoms with Crippen molar-refractivity contribution in [1.29, 1.82) is 0 Å². The standard InChI is InChI=1S/C6H11NO.C5H7NO3.C2H6O.CO2.Cl2OS/c1-2-5-3-4-6(8)7-5;7-3-9-5-2-1-4(8)6-5;1-2-3;2-1-3;1-4(2)3/h5H,2-4H2,1H3,(H,7,8);3,5H,1-2H2,(H,6,8);3H,2H2,1H3;;/t2*5-;;;/m11.../s1. The summed E-state index contributed by atoms with van der Waals surface area (Å²) in [5.41, 5.74) is 0. The SMILES string of the molecule is CCO.CC[C@@H]1CCC(=O)N1.O=C=O.O=CO[C@@H]1CCC(=O)N1.O=S(Cl)Cl. The summed E-state index contributed by atoms with van der Waals surface area (Å²) in [6.07, 6.45) is 3.77. The summed E-state index contributed by atoms with van der Waals surface area (Å²) in [5.74, 6) is 0.165. The fourth-order valence-corrected chi connectivity index (χ4v) is 1.74. The predicted octanol–water partition coefficient (Wildman–Crippen LogP) is 0.528. The second kappa shape index (κ2) is 22.5. The Morgan fingerprint density at radius 3 is 1.81 bits per heavy atom. The lowest BCUT2D eigenvalue weighted by Crippen LogP contribution is -2.27. The van der Waals surface area contributed by atoms with Crippen molar-refractivity contribution < 1.29 is 38.0 Å². The second-order valence-corrected chi connectivity index (χ2v) is 7.15. The zero-order chi connectivity index (χ0) is 21.7. The molecule has 2 heterocycles. The molecule has 0 spiro atoms. The Balaban J connectivity index is -0.000000292. The first-order valence-corrected chi connectivity index (χ1v) is 10.5. The van der Waals surface area contributed by atoms with E-state index in [0.717, 1.165) is 19.3 Å². The Morgan fingerprint density at radius 1 is 1.19 bits per heavy atom. The third-order valence-electron chi connectivity index (χ3n) is 2.75. The number of hydrogen-bond donors (Lipinski definition) is 3. The smallest absolute Gasteiger partial charge is 0.373 e. The molecule has 0 aromatic heterocycles. The fraction of sp³-hybridized carbons (Fsp3) is 0.714. The van der Waals surface area contributed by atoms with Gasteiger partial charge in [0.05, 0.1) is 0 Å². The molecule has 2 aliphatic rings. The summed E-state index contributed by atoms with van der Waals surface area (Å²) in [6.45, 7) is 4.37. The van der Waals surface area contributed by atoms with Crippen LogP contribution in [-0.4, -0.2) is 52.6 Å². The number of rotatable bonds is 3. The number of halogens is 2. The molecule has 13 heteroatoms. The molecule has 0 saturated carbocycles. The first kappa shape index (κ1) is 30.2. The van der Waals surface area contributed by atoms with Gasteiger partial charge in [0.15, 0.2) is 6.23 Å². The minimum Gasteiger partial charge on any atom is -0.444 e. The van der Waals surface area contributed by atoms with E-state index in [1.165, 1.54) is 0 Å². The molecule has 3 N–H and O–H groups in total. The van der Waals surface area contributed by atoms with Gasteiger partial charge >= 0.3 is 6.15 Å². The van der Waals surface area contributed by atoms with E-state index >= 15 is 0 Å². The van der Waals surface area contributed by atoms with E-state index in [4.69, 9.17) is 18.9 Å². The average Bonchev–Trinajstić information content (AvgIpc) is 3.18. The predicted molar refractivity (Wildman–Crippen MR) is 97.4 cm³/mol. The summed E-state index contributed by atoms with van der Waals surface area (Å²) in [6, 6.07) is 0.475. The van der Waals surface area contributed by atoms with Gasteiger partial charge in [0.25, 0.3) is 6.47 Å². The van der Waals surface area contributed by atoms with Crippen molar-refractivity contribution in [2.24, 2.45) is 0 Å². The Labute approximate surface area is 168 Å². The zero-order valence-corrected chi connectivity index (χ0v) is 17.3. The molecule has 0 aromatic rings. The van der Waals surface area contributed by atoms with Gasteiger partial charge in [-0.05, 0) is 19.8 Å². The third kappa shape index (κ3) is 26.8. The monoisotopic (exact) mass is 450 g/mol. The molecule has 0 aromatic carbocycles. The van der Waals surface area contributed by atoms with E-state index in [2.05, 4.69) is 43.7 Å². The van der Waals surface area contributed by atoms with Crippen LogP contribution in [-0.2, 0) is 37.9 Å². The van der Waals surface area contributed by atoms with Crippen LogP contribution in [0.25, 0.3) is 0 Å². The van der Waals surface area contributed by atoms with Gasteiger partial charge in [-0.3, -0.25) is 14.4 Å². The molecule has 2 aliphatic heterocycles. The van der Waals surface area contributed by atoms with Gasteiger partial charge in [-0.1, -0.05) is 6.92 Å². The zero-order valence-electron chi connectivity index (χ0n) is 14.9. The summed E-state index contributed by atoms with van der Waals surface area (Å²) in [4.78, 5) is 46.9. The first-order valence-electron chi connectivity index (χ1n) is 7.74. The molecule has 2 atom stereocenters. The maximum atomic E-state index is 10.5. The number of amides is 2. The van der Waals surface area contributed by atoms with E-state index in [9.17, 15) is 14.4 Å². The molecule has 2 rings (SSSR count). The molecule has 0 bridgehead atoms. The normalized spacial score (nSPS) is 19.0. The highest BCUT2D eigenvalue weighted by Gasteiger charge is 2.20. The van der Waals surface area contributed by atoms with Crippen LogP contribution in [0.3, 0.4) is 0 Å². The number of carbonyl (C=O) groups excluding carboxylic acids is 5. The van der Waals surface area contributed by atoms with E-state index in [1.54, 1.807) is 6.92 Å². The highest BCUT2D eigenvalue weighted by Crippen LogP contribution is 2.08. The first-order chi connectivity index (χ1) is 12.7. The fourth-order valence-electron chi connectivity index (χ4n) is 1.74. The quantitative estimate of drug-likeness (QED) is 0.414. The van der Waals surface area contributed by atoms with Crippen LogP contribution in [0.4, 0.5) is 0 Å². The highest BCUT2D eigenvalue weighted by molar-refractivity contribution is 8.26. The lowest BCUT2D eigenvalue weighted by molar-refractivity contribution is -0.191. The molecule has 2 amide bonds. The minimum atomic E-state index is -1.67. The van der Waals surface area contributed by atoms with Crippen molar-refractivity contribution in [3.05, 3.63) is 0 Å². The molecular formula is C14H24Cl2N2O8S.